The average molecular weight is 643 g/mol. The minimum atomic E-state index is -2.94. The molecular formula is C29H28Cl2N6O7. The van der Waals surface area contributed by atoms with Gasteiger partial charge in [0.2, 0.25) is 5.91 Å². The Kier molecular flexibility index (Phi) is 10.4. The van der Waals surface area contributed by atoms with Crippen LogP contribution in [0.25, 0.3) is 11.1 Å². The largest absolute Gasteiger partial charge is 0.478 e. The molecule has 3 aromatic carbocycles. The number of anilines is 1. The van der Waals surface area contributed by atoms with Crippen LogP contribution in [0.15, 0.2) is 71.7 Å². The number of β-amino-alcohol motifs (C(OH)–C–C–N with tert-alkyl or cyclic N) is 1. The monoisotopic (exact) mass is 642 g/mol. The Morgan fingerprint density at radius 2 is 1.64 bits per heavy atom. The zero-order chi connectivity index (χ0) is 31.9. The van der Waals surface area contributed by atoms with Gasteiger partial charge in [0.15, 0.2) is 5.96 Å². The number of nitrogens with zero attached hydrogens (tertiary/aromatic N) is 1. The Morgan fingerprint density at radius 1 is 0.932 bits per heavy atom. The Bertz CT molecular complexity index is 1580. The number of carboxylic acids is 1. The number of nitrogens with one attached hydrogen (secondary N) is 5. The number of aliphatic hydroxyl groups is 2. The first-order chi connectivity index (χ1) is 20.9. The zero-order valence-corrected chi connectivity index (χ0v) is 24.4. The minimum Gasteiger partial charge on any atom is -0.478 e. The van der Waals surface area contributed by atoms with E-state index in [0.29, 0.717) is 23.8 Å². The van der Waals surface area contributed by atoms with Gasteiger partial charge in [0.05, 0.1) is 41.3 Å². The molecule has 0 saturated heterocycles. The Hall–Kier alpha value is -4.69. The van der Waals surface area contributed by atoms with Gasteiger partial charge < -0.3 is 41.9 Å². The standard InChI is InChI=1S/C29H28Cl2N6O7/c30-21-10-18(16-5-2-1-3-6-16)11-22(31)24(21)26(41)37-29(44,27(42)43)15-35-23(39)14-32-25(40)17-7-4-8-19(9-17)36-28-33-12-20(38)13-34-28/h1-11,20,38,44H,12-15H2,(H,32,40)(H,35,39)(H,37,41)(H,42,43)(H2,33,34,36). The van der Waals surface area contributed by atoms with Crippen molar-refractivity contribution in [3.8, 4) is 11.1 Å². The lowest BCUT2D eigenvalue weighted by molar-refractivity contribution is -0.160. The summed E-state index contributed by atoms with van der Waals surface area (Å²) < 4.78 is 0. The number of benzene rings is 3. The van der Waals surface area contributed by atoms with Gasteiger partial charge in [-0.25, -0.2) is 4.79 Å². The number of amides is 3. The average Bonchev–Trinajstić information content (AvgIpc) is 3.00. The first kappa shape index (κ1) is 32.2. The summed E-state index contributed by atoms with van der Waals surface area (Å²) in [5.74, 6) is -3.98. The summed E-state index contributed by atoms with van der Waals surface area (Å²) in [6.45, 7) is -0.950. The van der Waals surface area contributed by atoms with E-state index in [0.717, 1.165) is 5.56 Å². The number of hydrogen-bond acceptors (Lipinski definition) is 9. The molecule has 0 saturated carbocycles. The van der Waals surface area contributed by atoms with Gasteiger partial charge in [0.1, 0.15) is 0 Å². The van der Waals surface area contributed by atoms with E-state index >= 15 is 0 Å². The molecule has 13 nitrogen and oxygen atoms in total. The smallest absolute Gasteiger partial charge is 0.359 e. The normalized spacial score (nSPS) is 15.5. The van der Waals surface area contributed by atoms with Crippen molar-refractivity contribution in [3.05, 3.63) is 87.9 Å². The number of aliphatic carboxylic acids is 1. The second-order valence-electron chi connectivity index (χ2n) is 9.69. The maximum absolute atomic E-state index is 12.9. The van der Waals surface area contributed by atoms with Gasteiger partial charge in [0.25, 0.3) is 17.5 Å². The molecule has 2 atom stereocenters. The molecule has 1 aliphatic heterocycles. The number of carboxylic acid groups (broad SMARTS) is 1. The number of carbonyl (C=O) groups excluding carboxylic acids is 3. The Morgan fingerprint density at radius 3 is 2.27 bits per heavy atom. The van der Waals surface area contributed by atoms with Crippen molar-refractivity contribution >= 4 is 58.5 Å². The van der Waals surface area contributed by atoms with Crippen molar-refractivity contribution in [1.29, 1.82) is 0 Å². The van der Waals surface area contributed by atoms with Crippen LogP contribution in [0.2, 0.25) is 10.0 Å². The van der Waals surface area contributed by atoms with Crippen molar-refractivity contribution < 1.29 is 34.5 Å². The topological polar surface area (TPSA) is 201 Å². The summed E-state index contributed by atoms with van der Waals surface area (Å²) in [6, 6.07) is 18.3. The van der Waals surface area contributed by atoms with Gasteiger partial charge >= 0.3 is 5.97 Å². The molecule has 3 amide bonds. The minimum absolute atomic E-state index is 0.0885. The molecule has 0 bridgehead atoms. The molecular weight excluding hydrogens is 615 g/mol. The van der Waals surface area contributed by atoms with Gasteiger partial charge in [-0.05, 0) is 41.5 Å². The molecule has 0 aromatic heterocycles. The first-order valence-corrected chi connectivity index (χ1v) is 13.9. The second kappa shape index (κ2) is 14.2. The molecule has 15 heteroatoms. The second-order valence-corrected chi connectivity index (χ2v) is 10.5. The molecule has 230 valence electrons. The van der Waals surface area contributed by atoms with Crippen LogP contribution < -0.4 is 26.6 Å². The highest BCUT2D eigenvalue weighted by Crippen LogP contribution is 2.32. The van der Waals surface area contributed by atoms with Crippen molar-refractivity contribution in [3.63, 3.8) is 0 Å². The van der Waals surface area contributed by atoms with Crippen molar-refractivity contribution in [2.75, 3.05) is 31.5 Å². The summed E-state index contributed by atoms with van der Waals surface area (Å²) in [5, 5.41) is 42.0. The lowest BCUT2D eigenvalue weighted by atomic mass is 10.0. The molecule has 1 heterocycles. The highest BCUT2D eigenvalue weighted by molar-refractivity contribution is 6.40. The first-order valence-electron chi connectivity index (χ1n) is 13.2. The highest BCUT2D eigenvalue weighted by Gasteiger charge is 2.39. The summed E-state index contributed by atoms with van der Waals surface area (Å²) in [5.41, 5.74) is -1.08. The number of halogens is 2. The molecule has 2 unspecified atom stereocenters. The van der Waals surface area contributed by atoms with E-state index in [2.05, 4.69) is 26.3 Å². The van der Waals surface area contributed by atoms with Crippen LogP contribution in [0, 0.1) is 0 Å². The summed E-state index contributed by atoms with van der Waals surface area (Å²) in [7, 11) is 0. The molecule has 0 radical (unpaired) electrons. The van der Waals surface area contributed by atoms with Gasteiger partial charge in [-0.2, -0.15) is 0 Å². The van der Waals surface area contributed by atoms with Crippen LogP contribution in [0.1, 0.15) is 20.7 Å². The van der Waals surface area contributed by atoms with E-state index in [-0.39, 0.29) is 27.7 Å². The van der Waals surface area contributed by atoms with Crippen LogP contribution >= 0.6 is 23.2 Å². The Balaban J connectivity index is 1.33. The SMILES string of the molecule is O=C(CNC(=O)c1cccc(NC2=NCC(O)CN2)c1)NCC(O)(NC(=O)c1c(Cl)cc(-c2ccccc2)cc1Cl)C(=O)O. The van der Waals surface area contributed by atoms with E-state index in [1.54, 1.807) is 24.3 Å². The third-order valence-electron chi connectivity index (χ3n) is 6.35. The lowest BCUT2D eigenvalue weighted by Crippen LogP contribution is -2.61. The van der Waals surface area contributed by atoms with Crippen molar-refractivity contribution in [1.82, 2.24) is 21.3 Å². The van der Waals surface area contributed by atoms with Crippen LogP contribution in [-0.2, 0) is 9.59 Å². The maximum atomic E-state index is 12.9. The molecule has 8 N–H and O–H groups in total. The third-order valence-corrected chi connectivity index (χ3v) is 6.95. The van der Waals surface area contributed by atoms with E-state index in [1.807, 2.05) is 23.5 Å². The number of carbonyl (C=O) groups is 4. The van der Waals surface area contributed by atoms with Gasteiger partial charge in [-0.3, -0.25) is 19.4 Å². The van der Waals surface area contributed by atoms with E-state index < -0.39 is 48.6 Å². The van der Waals surface area contributed by atoms with Crippen LogP contribution in [0.5, 0.6) is 0 Å². The summed E-state index contributed by atoms with van der Waals surface area (Å²) in [6.07, 6.45) is -0.582. The number of aliphatic hydroxyl groups excluding tert-OH is 1. The van der Waals surface area contributed by atoms with Crippen LogP contribution in [-0.4, -0.2) is 83.0 Å². The summed E-state index contributed by atoms with van der Waals surface area (Å²) >= 11 is 12.6. The predicted molar refractivity (Wildman–Crippen MR) is 164 cm³/mol. The van der Waals surface area contributed by atoms with Gasteiger partial charge in [-0.1, -0.05) is 59.6 Å². The van der Waals surface area contributed by atoms with Gasteiger partial charge in [-0.15, -0.1) is 0 Å². The fourth-order valence-corrected chi connectivity index (χ4v) is 4.71. The van der Waals surface area contributed by atoms with Crippen molar-refractivity contribution in [2.24, 2.45) is 4.99 Å². The van der Waals surface area contributed by atoms with E-state index in [4.69, 9.17) is 23.2 Å². The number of aliphatic imine (C=N–C) groups is 1. The molecule has 0 aliphatic carbocycles. The Labute approximate surface area is 261 Å². The van der Waals surface area contributed by atoms with E-state index in [9.17, 15) is 34.5 Å². The maximum Gasteiger partial charge on any atom is 0.359 e. The number of rotatable bonds is 10. The van der Waals surface area contributed by atoms with Crippen molar-refractivity contribution in [2.45, 2.75) is 11.8 Å². The van der Waals surface area contributed by atoms with E-state index in [1.165, 1.54) is 24.3 Å². The molecule has 44 heavy (non-hydrogen) atoms. The molecule has 3 aromatic rings. The fraction of sp³-hybridized carbons (Fsp3) is 0.207. The molecule has 0 fully saturated rings. The third kappa shape index (κ3) is 8.23. The quantitative estimate of drug-likeness (QED) is 0.151. The molecule has 1 aliphatic rings. The molecule has 0 spiro atoms. The zero-order valence-electron chi connectivity index (χ0n) is 22.9. The number of hydrogen-bond donors (Lipinski definition) is 8. The predicted octanol–water partition coefficient (Wildman–Crippen LogP) is 1.44. The molecule has 4 rings (SSSR count). The fourth-order valence-electron chi connectivity index (χ4n) is 4.05. The summed E-state index contributed by atoms with van der Waals surface area (Å²) in [4.78, 5) is 53.9. The van der Waals surface area contributed by atoms with Crippen LogP contribution in [0.3, 0.4) is 0 Å². The number of guanidine groups is 1. The van der Waals surface area contributed by atoms with Crippen LogP contribution in [0.4, 0.5) is 5.69 Å². The van der Waals surface area contributed by atoms with Gasteiger partial charge in [0, 0.05) is 17.8 Å². The lowest BCUT2D eigenvalue weighted by Gasteiger charge is -2.25. The highest BCUT2D eigenvalue weighted by atomic mass is 35.5.